The van der Waals surface area contributed by atoms with Gasteiger partial charge in [-0.15, -0.1) is 0 Å². The highest BCUT2D eigenvalue weighted by Crippen LogP contribution is 2.25. The number of nitrogens with one attached hydrogen (secondary N) is 3. The summed E-state index contributed by atoms with van der Waals surface area (Å²) in [4.78, 5) is 24.2. The van der Waals surface area contributed by atoms with Gasteiger partial charge in [0.05, 0.1) is 11.0 Å². The zero-order valence-corrected chi connectivity index (χ0v) is 15.7. The Kier molecular flexibility index (Phi) is 4.37. The van der Waals surface area contributed by atoms with Gasteiger partial charge in [0.15, 0.2) is 0 Å². The van der Waals surface area contributed by atoms with Crippen LogP contribution in [0.15, 0.2) is 73.3 Å². The molecular formula is C21H17N9. The SMILES string of the molecule is Nc1nccc(Nc2ccc3nc(-c4ccc(Nc5ccncn5)cc4)[nH]c3c2)n1. The fourth-order valence-electron chi connectivity index (χ4n) is 3.04. The summed E-state index contributed by atoms with van der Waals surface area (Å²) in [6.45, 7) is 0. The Balaban J connectivity index is 1.37. The van der Waals surface area contributed by atoms with E-state index in [1.165, 1.54) is 6.33 Å². The molecule has 5 aromatic rings. The van der Waals surface area contributed by atoms with Gasteiger partial charge in [0, 0.05) is 29.3 Å². The molecule has 0 bridgehead atoms. The fourth-order valence-corrected chi connectivity index (χ4v) is 3.04. The van der Waals surface area contributed by atoms with Gasteiger partial charge in [-0.2, -0.15) is 4.98 Å². The van der Waals surface area contributed by atoms with Gasteiger partial charge in [0.25, 0.3) is 0 Å². The smallest absolute Gasteiger partial charge is 0.221 e. The van der Waals surface area contributed by atoms with Crippen molar-refractivity contribution in [1.82, 2.24) is 29.9 Å². The second kappa shape index (κ2) is 7.47. The van der Waals surface area contributed by atoms with Gasteiger partial charge in [-0.05, 0) is 54.6 Å². The quantitative estimate of drug-likeness (QED) is 0.353. The maximum Gasteiger partial charge on any atom is 0.221 e. The number of imidazole rings is 1. The van der Waals surface area contributed by atoms with E-state index in [-0.39, 0.29) is 5.95 Å². The number of aromatic nitrogens is 6. The largest absolute Gasteiger partial charge is 0.368 e. The maximum atomic E-state index is 5.64. The normalized spacial score (nSPS) is 10.8. The predicted molar refractivity (Wildman–Crippen MR) is 117 cm³/mol. The van der Waals surface area contributed by atoms with Gasteiger partial charge in [-0.25, -0.2) is 19.9 Å². The number of H-pyrrole nitrogens is 1. The molecule has 2 aromatic carbocycles. The molecule has 0 aliphatic carbocycles. The van der Waals surface area contributed by atoms with Crippen molar-refractivity contribution in [2.24, 2.45) is 0 Å². The molecule has 0 atom stereocenters. The van der Waals surface area contributed by atoms with E-state index in [0.717, 1.165) is 39.6 Å². The maximum absolute atomic E-state index is 5.64. The summed E-state index contributed by atoms with van der Waals surface area (Å²) < 4.78 is 0. The molecule has 0 saturated carbocycles. The summed E-state index contributed by atoms with van der Waals surface area (Å²) in [6, 6.07) is 17.4. The summed E-state index contributed by atoms with van der Waals surface area (Å²) in [5.74, 6) is 2.39. The zero-order valence-electron chi connectivity index (χ0n) is 15.7. The van der Waals surface area contributed by atoms with Crippen LogP contribution in [0, 0.1) is 0 Å². The molecule has 9 heteroatoms. The molecule has 5 rings (SSSR count). The summed E-state index contributed by atoms with van der Waals surface area (Å²) in [5, 5.41) is 6.45. The van der Waals surface area contributed by atoms with E-state index in [1.54, 1.807) is 18.5 Å². The molecule has 0 radical (unpaired) electrons. The number of nitrogen functional groups attached to an aromatic ring is 1. The number of aromatic amines is 1. The van der Waals surface area contributed by atoms with Crippen LogP contribution < -0.4 is 16.4 Å². The number of hydrogen-bond acceptors (Lipinski definition) is 8. The third kappa shape index (κ3) is 3.72. The standard InChI is InChI=1S/C21H17N9/c22-21-24-10-8-19(30-21)27-15-5-6-16-17(11-15)29-20(28-16)13-1-3-14(4-2-13)26-18-7-9-23-12-25-18/h1-12H,(H,28,29)(H,23,25,26)(H3,22,24,27,30). The Morgan fingerprint density at radius 1 is 0.767 bits per heavy atom. The molecule has 0 aliphatic heterocycles. The molecule has 0 amide bonds. The first-order valence-electron chi connectivity index (χ1n) is 9.22. The number of anilines is 5. The first kappa shape index (κ1) is 17.6. The van der Waals surface area contributed by atoms with Crippen molar-refractivity contribution in [1.29, 1.82) is 0 Å². The Bertz CT molecular complexity index is 1300. The molecule has 5 N–H and O–H groups in total. The molecule has 9 nitrogen and oxygen atoms in total. The number of fused-ring (bicyclic) bond motifs is 1. The van der Waals surface area contributed by atoms with Gasteiger partial charge in [0.1, 0.15) is 23.8 Å². The van der Waals surface area contributed by atoms with E-state index >= 15 is 0 Å². The first-order valence-corrected chi connectivity index (χ1v) is 9.22. The van der Waals surface area contributed by atoms with Gasteiger partial charge in [-0.3, -0.25) is 0 Å². The van der Waals surface area contributed by atoms with Crippen molar-refractivity contribution in [3.8, 4) is 11.4 Å². The van der Waals surface area contributed by atoms with Crippen LogP contribution in [0.2, 0.25) is 0 Å². The van der Waals surface area contributed by atoms with Crippen molar-refractivity contribution >= 4 is 40.0 Å². The molecular weight excluding hydrogens is 378 g/mol. The second-order valence-electron chi connectivity index (χ2n) is 6.54. The fraction of sp³-hybridized carbons (Fsp3) is 0. The predicted octanol–water partition coefficient (Wildman–Crippen LogP) is 3.88. The van der Waals surface area contributed by atoms with E-state index in [0.29, 0.717) is 5.82 Å². The molecule has 0 saturated heterocycles. The lowest BCUT2D eigenvalue weighted by Gasteiger charge is -2.05. The van der Waals surface area contributed by atoms with E-state index in [2.05, 4.69) is 40.5 Å². The van der Waals surface area contributed by atoms with Crippen LogP contribution in [-0.2, 0) is 0 Å². The van der Waals surface area contributed by atoms with Crippen molar-refractivity contribution in [3.05, 3.63) is 73.3 Å². The summed E-state index contributed by atoms with van der Waals surface area (Å²) in [7, 11) is 0. The lowest BCUT2D eigenvalue weighted by molar-refractivity contribution is 1.17. The van der Waals surface area contributed by atoms with E-state index < -0.39 is 0 Å². The summed E-state index contributed by atoms with van der Waals surface area (Å²) in [5.41, 5.74) is 10.2. The van der Waals surface area contributed by atoms with Crippen LogP contribution in [0.4, 0.5) is 29.0 Å². The summed E-state index contributed by atoms with van der Waals surface area (Å²) >= 11 is 0. The van der Waals surface area contributed by atoms with Crippen LogP contribution in [0.25, 0.3) is 22.4 Å². The Morgan fingerprint density at radius 2 is 1.57 bits per heavy atom. The Labute approximate surface area is 171 Å². The van der Waals surface area contributed by atoms with Crippen molar-refractivity contribution < 1.29 is 0 Å². The molecule has 30 heavy (non-hydrogen) atoms. The lowest BCUT2D eigenvalue weighted by atomic mass is 10.2. The number of hydrogen-bond donors (Lipinski definition) is 4. The topological polar surface area (TPSA) is 130 Å². The van der Waals surface area contributed by atoms with E-state index in [4.69, 9.17) is 5.73 Å². The van der Waals surface area contributed by atoms with Crippen LogP contribution in [-0.4, -0.2) is 29.9 Å². The van der Waals surface area contributed by atoms with Crippen LogP contribution >= 0.6 is 0 Å². The van der Waals surface area contributed by atoms with Crippen LogP contribution in [0.5, 0.6) is 0 Å². The summed E-state index contributed by atoms with van der Waals surface area (Å²) in [6.07, 6.45) is 4.82. The number of benzene rings is 2. The highest BCUT2D eigenvalue weighted by atomic mass is 15.1. The van der Waals surface area contributed by atoms with E-state index in [1.807, 2.05) is 48.5 Å². The third-order valence-corrected chi connectivity index (χ3v) is 4.44. The molecule has 0 spiro atoms. The monoisotopic (exact) mass is 395 g/mol. The van der Waals surface area contributed by atoms with Gasteiger partial charge in [-0.1, -0.05) is 0 Å². The Morgan fingerprint density at radius 3 is 2.37 bits per heavy atom. The molecule has 146 valence electrons. The Hall–Kier alpha value is -4.53. The molecule has 0 unspecified atom stereocenters. The first-order chi connectivity index (χ1) is 14.7. The average Bonchev–Trinajstić information content (AvgIpc) is 3.18. The number of nitrogens with zero attached hydrogens (tertiary/aromatic N) is 5. The zero-order chi connectivity index (χ0) is 20.3. The minimum absolute atomic E-state index is 0.225. The molecule has 0 fully saturated rings. The number of nitrogens with two attached hydrogens (primary N) is 1. The second-order valence-corrected chi connectivity index (χ2v) is 6.54. The molecule has 3 aromatic heterocycles. The average molecular weight is 395 g/mol. The lowest BCUT2D eigenvalue weighted by Crippen LogP contribution is -1.98. The minimum Gasteiger partial charge on any atom is -0.368 e. The molecule has 0 aliphatic rings. The van der Waals surface area contributed by atoms with Crippen LogP contribution in [0.3, 0.4) is 0 Å². The van der Waals surface area contributed by atoms with Crippen molar-refractivity contribution in [2.75, 3.05) is 16.4 Å². The minimum atomic E-state index is 0.225. The van der Waals surface area contributed by atoms with Gasteiger partial charge < -0.3 is 21.4 Å². The van der Waals surface area contributed by atoms with E-state index in [9.17, 15) is 0 Å². The molecule has 3 heterocycles. The number of rotatable bonds is 5. The highest BCUT2D eigenvalue weighted by molar-refractivity contribution is 5.83. The van der Waals surface area contributed by atoms with Crippen molar-refractivity contribution in [3.63, 3.8) is 0 Å². The van der Waals surface area contributed by atoms with Gasteiger partial charge >= 0.3 is 0 Å². The van der Waals surface area contributed by atoms with Crippen LogP contribution in [0.1, 0.15) is 0 Å². The highest BCUT2D eigenvalue weighted by Gasteiger charge is 2.07. The van der Waals surface area contributed by atoms with Crippen molar-refractivity contribution in [2.45, 2.75) is 0 Å². The third-order valence-electron chi connectivity index (χ3n) is 4.44. The van der Waals surface area contributed by atoms with Gasteiger partial charge in [0.2, 0.25) is 5.95 Å².